The molecule has 6 heteroatoms. The minimum atomic E-state index is 0.322. The Bertz CT molecular complexity index is 368. The van der Waals surface area contributed by atoms with Crippen LogP contribution in [0.3, 0.4) is 0 Å². The van der Waals surface area contributed by atoms with Crippen LogP contribution in [0.5, 0.6) is 0 Å². The van der Waals surface area contributed by atoms with E-state index in [1.807, 2.05) is 0 Å². The van der Waals surface area contributed by atoms with Crippen LogP contribution in [0.15, 0.2) is 4.52 Å². The normalized spacial score (nSPS) is 23.1. The molecule has 0 atom stereocenters. The SMILES string of the molecule is NCc1nc(CN2CCN(C3CC3)CC2)no1. The van der Waals surface area contributed by atoms with Crippen LogP contribution < -0.4 is 5.73 Å². The highest BCUT2D eigenvalue weighted by molar-refractivity contribution is 4.90. The summed E-state index contributed by atoms with van der Waals surface area (Å²) in [5, 5.41) is 3.93. The third-order valence-corrected chi connectivity index (χ3v) is 3.52. The molecule has 1 aliphatic carbocycles. The first kappa shape index (κ1) is 11.1. The summed E-state index contributed by atoms with van der Waals surface area (Å²) in [6.45, 7) is 5.65. The van der Waals surface area contributed by atoms with Crippen molar-refractivity contribution < 1.29 is 4.52 Å². The summed E-state index contributed by atoms with van der Waals surface area (Å²) in [5.41, 5.74) is 5.44. The Labute approximate surface area is 101 Å². The summed E-state index contributed by atoms with van der Waals surface area (Å²) in [6.07, 6.45) is 2.79. The highest BCUT2D eigenvalue weighted by atomic mass is 16.5. The van der Waals surface area contributed by atoms with Gasteiger partial charge in [-0.1, -0.05) is 5.16 Å². The standard InChI is InChI=1S/C11H19N5O/c12-7-11-13-10(14-17-11)8-15-3-5-16(6-4-15)9-1-2-9/h9H,1-8,12H2. The molecule has 6 nitrogen and oxygen atoms in total. The van der Waals surface area contributed by atoms with Crippen LogP contribution in [0.2, 0.25) is 0 Å². The van der Waals surface area contributed by atoms with Gasteiger partial charge in [-0.05, 0) is 12.8 Å². The zero-order valence-corrected chi connectivity index (χ0v) is 10.0. The van der Waals surface area contributed by atoms with Crippen LogP contribution in [-0.2, 0) is 13.1 Å². The quantitative estimate of drug-likeness (QED) is 0.782. The summed E-state index contributed by atoms with van der Waals surface area (Å²) >= 11 is 0. The van der Waals surface area contributed by atoms with Crippen molar-refractivity contribution in [3.63, 3.8) is 0 Å². The molecule has 1 aliphatic heterocycles. The number of rotatable bonds is 4. The van der Waals surface area contributed by atoms with Gasteiger partial charge in [0.05, 0.1) is 13.1 Å². The van der Waals surface area contributed by atoms with E-state index < -0.39 is 0 Å². The number of nitrogens with zero attached hydrogens (tertiary/aromatic N) is 4. The maximum atomic E-state index is 5.44. The molecular formula is C11H19N5O. The van der Waals surface area contributed by atoms with Crippen LogP contribution >= 0.6 is 0 Å². The van der Waals surface area contributed by atoms with E-state index in [-0.39, 0.29) is 0 Å². The van der Waals surface area contributed by atoms with Crippen molar-refractivity contribution in [2.24, 2.45) is 5.73 Å². The predicted molar refractivity (Wildman–Crippen MR) is 62.1 cm³/mol. The van der Waals surface area contributed by atoms with Gasteiger partial charge in [0.15, 0.2) is 5.82 Å². The predicted octanol–water partition coefficient (Wildman–Crippen LogP) is -0.192. The lowest BCUT2D eigenvalue weighted by Crippen LogP contribution is -2.46. The molecule has 1 saturated carbocycles. The lowest BCUT2D eigenvalue weighted by molar-refractivity contribution is 0.118. The Hall–Kier alpha value is -0.980. The molecule has 2 fully saturated rings. The van der Waals surface area contributed by atoms with E-state index in [1.54, 1.807) is 0 Å². The molecule has 0 amide bonds. The summed E-state index contributed by atoms with van der Waals surface area (Å²) < 4.78 is 5.00. The van der Waals surface area contributed by atoms with Gasteiger partial charge < -0.3 is 10.3 Å². The Morgan fingerprint density at radius 2 is 2.00 bits per heavy atom. The Kier molecular flexibility index (Phi) is 3.09. The zero-order chi connectivity index (χ0) is 11.7. The molecule has 1 saturated heterocycles. The second-order valence-corrected chi connectivity index (χ2v) is 4.85. The van der Waals surface area contributed by atoms with Crippen molar-refractivity contribution in [2.75, 3.05) is 26.2 Å². The largest absolute Gasteiger partial charge is 0.338 e. The number of hydrogen-bond acceptors (Lipinski definition) is 6. The van der Waals surface area contributed by atoms with Crippen LogP contribution in [-0.4, -0.2) is 52.2 Å². The van der Waals surface area contributed by atoms with Crippen LogP contribution in [0, 0.1) is 0 Å². The minimum absolute atomic E-state index is 0.322. The summed E-state index contributed by atoms with van der Waals surface area (Å²) in [7, 11) is 0. The molecule has 2 heterocycles. The van der Waals surface area contributed by atoms with Crippen molar-refractivity contribution >= 4 is 0 Å². The average molecular weight is 237 g/mol. The Balaban J connectivity index is 1.49. The third-order valence-electron chi connectivity index (χ3n) is 3.52. The molecule has 1 aromatic heterocycles. The van der Waals surface area contributed by atoms with Crippen molar-refractivity contribution in [1.29, 1.82) is 0 Å². The monoisotopic (exact) mass is 237 g/mol. The smallest absolute Gasteiger partial charge is 0.240 e. The van der Waals surface area contributed by atoms with Gasteiger partial charge in [0.2, 0.25) is 5.89 Å². The van der Waals surface area contributed by atoms with Gasteiger partial charge in [0.1, 0.15) is 0 Å². The highest BCUT2D eigenvalue weighted by Gasteiger charge is 2.31. The molecule has 2 N–H and O–H groups in total. The lowest BCUT2D eigenvalue weighted by atomic mass is 10.3. The molecule has 0 spiro atoms. The van der Waals surface area contributed by atoms with Gasteiger partial charge in [-0.25, -0.2) is 0 Å². The van der Waals surface area contributed by atoms with Crippen LogP contribution in [0.4, 0.5) is 0 Å². The fraction of sp³-hybridized carbons (Fsp3) is 0.818. The van der Waals surface area contributed by atoms with E-state index in [9.17, 15) is 0 Å². The molecule has 0 bridgehead atoms. The topological polar surface area (TPSA) is 71.4 Å². The molecular weight excluding hydrogens is 218 g/mol. The maximum absolute atomic E-state index is 5.44. The first-order valence-corrected chi connectivity index (χ1v) is 6.33. The van der Waals surface area contributed by atoms with E-state index in [4.69, 9.17) is 10.3 Å². The van der Waals surface area contributed by atoms with Crippen molar-refractivity contribution in [3.05, 3.63) is 11.7 Å². The highest BCUT2D eigenvalue weighted by Crippen LogP contribution is 2.27. The van der Waals surface area contributed by atoms with E-state index in [0.29, 0.717) is 12.4 Å². The second-order valence-electron chi connectivity index (χ2n) is 4.85. The molecule has 0 aromatic carbocycles. The minimum Gasteiger partial charge on any atom is -0.338 e. The van der Waals surface area contributed by atoms with Gasteiger partial charge in [-0.15, -0.1) is 0 Å². The van der Waals surface area contributed by atoms with Gasteiger partial charge in [-0.3, -0.25) is 9.80 Å². The van der Waals surface area contributed by atoms with Gasteiger partial charge in [0.25, 0.3) is 0 Å². The van der Waals surface area contributed by atoms with E-state index in [1.165, 1.54) is 25.9 Å². The van der Waals surface area contributed by atoms with Crippen molar-refractivity contribution in [2.45, 2.75) is 32.0 Å². The second kappa shape index (κ2) is 4.72. The van der Waals surface area contributed by atoms with Gasteiger partial charge in [-0.2, -0.15) is 4.98 Å². The number of nitrogens with two attached hydrogens (primary N) is 1. The fourth-order valence-electron chi connectivity index (χ4n) is 2.36. The van der Waals surface area contributed by atoms with E-state index in [2.05, 4.69) is 19.9 Å². The molecule has 17 heavy (non-hydrogen) atoms. The van der Waals surface area contributed by atoms with Crippen molar-refractivity contribution in [3.8, 4) is 0 Å². The molecule has 0 unspecified atom stereocenters. The lowest BCUT2D eigenvalue weighted by Gasteiger charge is -2.34. The zero-order valence-electron chi connectivity index (χ0n) is 10.0. The summed E-state index contributed by atoms with van der Waals surface area (Å²) in [6, 6.07) is 0.881. The van der Waals surface area contributed by atoms with E-state index in [0.717, 1.165) is 31.5 Å². The Morgan fingerprint density at radius 1 is 1.24 bits per heavy atom. The number of piperazine rings is 1. The van der Waals surface area contributed by atoms with Crippen LogP contribution in [0.1, 0.15) is 24.6 Å². The van der Waals surface area contributed by atoms with Gasteiger partial charge in [0, 0.05) is 32.2 Å². The average Bonchev–Trinajstić information content (AvgIpc) is 3.11. The summed E-state index contributed by atoms with van der Waals surface area (Å²) in [5.74, 6) is 1.28. The number of hydrogen-bond donors (Lipinski definition) is 1. The van der Waals surface area contributed by atoms with Gasteiger partial charge >= 0.3 is 0 Å². The van der Waals surface area contributed by atoms with E-state index >= 15 is 0 Å². The third kappa shape index (κ3) is 2.65. The fourth-order valence-corrected chi connectivity index (χ4v) is 2.36. The Morgan fingerprint density at radius 3 is 2.59 bits per heavy atom. The molecule has 2 aliphatic rings. The summed E-state index contributed by atoms with van der Waals surface area (Å²) in [4.78, 5) is 9.21. The molecule has 0 radical (unpaired) electrons. The van der Waals surface area contributed by atoms with Crippen LogP contribution in [0.25, 0.3) is 0 Å². The molecule has 94 valence electrons. The molecule has 3 rings (SSSR count). The number of aromatic nitrogens is 2. The van der Waals surface area contributed by atoms with Crippen molar-refractivity contribution in [1.82, 2.24) is 19.9 Å². The first-order valence-electron chi connectivity index (χ1n) is 6.33. The molecule has 1 aromatic rings. The maximum Gasteiger partial charge on any atom is 0.240 e. The first-order chi connectivity index (χ1) is 8.35.